The molecule has 0 radical (unpaired) electrons. The van der Waals surface area contributed by atoms with Crippen LogP contribution in [0.4, 0.5) is 0 Å². The molecule has 1 aliphatic rings. The second kappa shape index (κ2) is 7.75. The zero-order chi connectivity index (χ0) is 15.2. The summed E-state index contributed by atoms with van der Waals surface area (Å²) < 4.78 is 11.3. The molecule has 116 valence electrons. The van der Waals surface area contributed by atoms with Crippen LogP contribution in [-0.2, 0) is 14.3 Å². The fourth-order valence-electron chi connectivity index (χ4n) is 2.54. The summed E-state index contributed by atoms with van der Waals surface area (Å²) in [5.74, 6) is -0.819. The molecular weight excluding hydrogens is 294 g/mol. The Kier molecular flexibility index (Phi) is 5.99. The summed E-state index contributed by atoms with van der Waals surface area (Å²) >= 11 is 6.31. The summed E-state index contributed by atoms with van der Waals surface area (Å²) in [5.41, 5.74) is 0.933. The molecule has 1 heterocycles. The van der Waals surface area contributed by atoms with Crippen LogP contribution < -0.4 is 0 Å². The van der Waals surface area contributed by atoms with E-state index >= 15 is 0 Å². The molecule has 0 spiro atoms. The van der Waals surface area contributed by atoms with Crippen LogP contribution in [-0.4, -0.2) is 55.5 Å². The number of carboxylic acids is 1. The van der Waals surface area contributed by atoms with Gasteiger partial charge in [-0.25, -0.2) is 0 Å². The lowest BCUT2D eigenvalue weighted by molar-refractivity contribution is -0.138. The normalized spacial score (nSPS) is 20.4. The number of carboxylic acid groups (broad SMARTS) is 1. The second-order valence-electron chi connectivity index (χ2n) is 5.07. The number of nitrogens with zero attached hydrogens (tertiary/aromatic N) is 1. The van der Waals surface area contributed by atoms with E-state index in [2.05, 4.69) is 0 Å². The third-order valence-electron chi connectivity index (χ3n) is 3.57. The van der Waals surface area contributed by atoms with Gasteiger partial charge in [0, 0.05) is 11.6 Å². The van der Waals surface area contributed by atoms with E-state index in [1.807, 2.05) is 36.2 Å². The van der Waals surface area contributed by atoms with Gasteiger partial charge >= 0.3 is 5.97 Å². The molecule has 5 nitrogen and oxygen atoms in total. The zero-order valence-corrected chi connectivity index (χ0v) is 12.8. The maximum atomic E-state index is 10.8. The Bertz CT molecular complexity index is 476. The smallest absolute Gasteiger partial charge is 0.304 e. The van der Waals surface area contributed by atoms with Crippen LogP contribution in [0.2, 0.25) is 5.02 Å². The fraction of sp³-hybridized carbons (Fsp3) is 0.533. The first-order valence-corrected chi connectivity index (χ1v) is 7.33. The minimum absolute atomic E-state index is 0.0744. The Balaban J connectivity index is 2.21. The van der Waals surface area contributed by atoms with E-state index in [1.54, 1.807) is 0 Å². The van der Waals surface area contributed by atoms with Gasteiger partial charge in [-0.2, -0.15) is 0 Å². The van der Waals surface area contributed by atoms with Gasteiger partial charge in [-0.05, 0) is 18.7 Å². The van der Waals surface area contributed by atoms with Gasteiger partial charge in [-0.1, -0.05) is 29.8 Å². The molecule has 0 bridgehead atoms. The summed E-state index contributed by atoms with van der Waals surface area (Å²) in [6, 6.07) is 7.45. The topological polar surface area (TPSA) is 59.0 Å². The van der Waals surface area contributed by atoms with Crippen molar-refractivity contribution in [1.29, 1.82) is 0 Å². The van der Waals surface area contributed by atoms with Gasteiger partial charge in [0.2, 0.25) is 0 Å². The Morgan fingerprint density at radius 3 is 2.86 bits per heavy atom. The second-order valence-corrected chi connectivity index (χ2v) is 5.48. The van der Waals surface area contributed by atoms with Gasteiger partial charge in [-0.3, -0.25) is 9.69 Å². The first-order valence-electron chi connectivity index (χ1n) is 6.95. The Morgan fingerprint density at radius 2 is 2.24 bits per heavy atom. The van der Waals surface area contributed by atoms with E-state index in [0.717, 1.165) is 5.56 Å². The van der Waals surface area contributed by atoms with E-state index in [0.29, 0.717) is 31.4 Å². The number of hydrogen-bond donors (Lipinski definition) is 1. The van der Waals surface area contributed by atoms with Gasteiger partial charge in [0.1, 0.15) is 6.10 Å². The predicted molar refractivity (Wildman–Crippen MR) is 79.6 cm³/mol. The standard InChI is InChI=1S/C15H20ClNO4/c1-17(7-6-14(18)19)15(13-10-20-8-9-21-13)11-4-2-3-5-12(11)16/h2-5,13,15H,6-10H2,1H3,(H,18,19). The highest BCUT2D eigenvalue weighted by atomic mass is 35.5. The average Bonchev–Trinajstić information content (AvgIpc) is 2.48. The number of carbonyl (C=O) groups is 1. The Morgan fingerprint density at radius 1 is 1.48 bits per heavy atom. The summed E-state index contributed by atoms with van der Waals surface area (Å²) in [6.07, 6.45) is -0.0807. The monoisotopic (exact) mass is 313 g/mol. The highest BCUT2D eigenvalue weighted by molar-refractivity contribution is 6.31. The van der Waals surface area contributed by atoms with Crippen LogP contribution in [0.3, 0.4) is 0 Å². The number of aliphatic carboxylic acids is 1. The zero-order valence-electron chi connectivity index (χ0n) is 12.0. The minimum Gasteiger partial charge on any atom is -0.481 e. The van der Waals surface area contributed by atoms with Crippen molar-refractivity contribution in [3.05, 3.63) is 34.9 Å². The van der Waals surface area contributed by atoms with Crippen molar-refractivity contribution >= 4 is 17.6 Å². The maximum absolute atomic E-state index is 10.8. The van der Waals surface area contributed by atoms with Crippen LogP contribution in [0.15, 0.2) is 24.3 Å². The van der Waals surface area contributed by atoms with E-state index in [9.17, 15) is 4.79 Å². The molecule has 1 aromatic rings. The Hall–Kier alpha value is -1.14. The lowest BCUT2D eigenvalue weighted by Crippen LogP contribution is -2.42. The van der Waals surface area contributed by atoms with Crippen molar-refractivity contribution in [2.75, 3.05) is 33.4 Å². The molecule has 6 heteroatoms. The molecule has 1 saturated heterocycles. The van der Waals surface area contributed by atoms with Crippen LogP contribution in [0.5, 0.6) is 0 Å². The molecule has 21 heavy (non-hydrogen) atoms. The fourth-order valence-corrected chi connectivity index (χ4v) is 2.78. The van der Waals surface area contributed by atoms with Crippen LogP contribution in [0.25, 0.3) is 0 Å². The molecule has 2 unspecified atom stereocenters. The van der Waals surface area contributed by atoms with E-state index in [4.69, 9.17) is 26.2 Å². The molecule has 1 fully saturated rings. The van der Waals surface area contributed by atoms with Gasteiger partial charge in [0.25, 0.3) is 0 Å². The maximum Gasteiger partial charge on any atom is 0.304 e. The molecule has 0 aromatic heterocycles. The molecule has 0 amide bonds. The van der Waals surface area contributed by atoms with Gasteiger partial charge in [-0.15, -0.1) is 0 Å². The lowest BCUT2D eigenvalue weighted by atomic mass is 9.99. The summed E-state index contributed by atoms with van der Waals surface area (Å²) in [6.45, 7) is 2.03. The minimum atomic E-state index is -0.819. The predicted octanol–water partition coefficient (Wildman–Crippen LogP) is 2.20. The highest BCUT2D eigenvalue weighted by Gasteiger charge is 2.31. The molecule has 0 saturated carbocycles. The van der Waals surface area contributed by atoms with Crippen LogP contribution in [0, 0.1) is 0 Å². The molecule has 1 N–H and O–H groups in total. The SMILES string of the molecule is CN(CCC(=O)O)C(c1ccccc1Cl)C1COCCO1. The van der Waals surface area contributed by atoms with Crippen molar-refractivity contribution in [1.82, 2.24) is 4.90 Å². The van der Waals surface area contributed by atoms with Gasteiger partial charge in [0.05, 0.1) is 32.3 Å². The van der Waals surface area contributed by atoms with Gasteiger partial charge < -0.3 is 14.6 Å². The summed E-state index contributed by atoms with van der Waals surface area (Å²) in [5, 5.41) is 9.52. The Labute approximate surface area is 129 Å². The molecule has 2 atom stereocenters. The van der Waals surface area contributed by atoms with Crippen molar-refractivity contribution < 1.29 is 19.4 Å². The van der Waals surface area contributed by atoms with Crippen molar-refractivity contribution in [3.8, 4) is 0 Å². The number of halogens is 1. The molecular formula is C15H20ClNO4. The molecule has 1 aromatic carbocycles. The van der Waals surface area contributed by atoms with E-state index < -0.39 is 5.97 Å². The van der Waals surface area contributed by atoms with Crippen molar-refractivity contribution in [3.63, 3.8) is 0 Å². The summed E-state index contributed by atoms with van der Waals surface area (Å²) in [7, 11) is 1.88. The molecule has 2 rings (SSSR count). The number of rotatable bonds is 6. The first-order chi connectivity index (χ1) is 10.1. The highest BCUT2D eigenvalue weighted by Crippen LogP contribution is 2.32. The largest absolute Gasteiger partial charge is 0.481 e. The van der Waals surface area contributed by atoms with Crippen LogP contribution in [0.1, 0.15) is 18.0 Å². The van der Waals surface area contributed by atoms with Crippen molar-refractivity contribution in [2.45, 2.75) is 18.6 Å². The van der Waals surface area contributed by atoms with Crippen LogP contribution >= 0.6 is 11.6 Å². The third kappa shape index (κ3) is 4.41. The quantitative estimate of drug-likeness (QED) is 0.872. The number of ether oxygens (including phenoxy) is 2. The number of likely N-dealkylation sites (N-methyl/N-ethyl adjacent to an activating group) is 1. The van der Waals surface area contributed by atoms with E-state index in [1.165, 1.54) is 0 Å². The number of hydrogen-bond acceptors (Lipinski definition) is 4. The molecule has 1 aliphatic heterocycles. The first kappa shape index (κ1) is 16.2. The third-order valence-corrected chi connectivity index (χ3v) is 3.92. The van der Waals surface area contributed by atoms with Crippen molar-refractivity contribution in [2.24, 2.45) is 0 Å². The van der Waals surface area contributed by atoms with E-state index in [-0.39, 0.29) is 18.6 Å². The lowest BCUT2D eigenvalue weighted by Gasteiger charge is -2.37. The molecule has 0 aliphatic carbocycles. The summed E-state index contributed by atoms with van der Waals surface area (Å²) in [4.78, 5) is 12.8. The number of benzene rings is 1. The average molecular weight is 314 g/mol. The van der Waals surface area contributed by atoms with Gasteiger partial charge in [0.15, 0.2) is 0 Å².